The molecule has 152 valence electrons. The van der Waals surface area contributed by atoms with Gasteiger partial charge in [0, 0.05) is 5.69 Å². The molecule has 0 aliphatic heterocycles. The van der Waals surface area contributed by atoms with Crippen LogP contribution in [0.4, 0.5) is 29.7 Å². The number of alkyl halides is 3. The Morgan fingerprint density at radius 2 is 1.83 bits per heavy atom. The number of carbonyl (C=O) groups is 1. The van der Waals surface area contributed by atoms with Crippen molar-refractivity contribution in [3.63, 3.8) is 0 Å². The first-order valence-corrected chi connectivity index (χ1v) is 9.02. The maximum Gasteiger partial charge on any atom is 0.573 e. The topological polar surface area (TPSA) is 85.4 Å². The highest BCUT2D eigenvalue weighted by Gasteiger charge is 2.30. The number of hydrogen-bond donors (Lipinski definition) is 2. The second-order valence-corrected chi connectivity index (χ2v) is 6.69. The number of benzene rings is 2. The quantitative estimate of drug-likeness (QED) is 0.586. The molecule has 11 heteroatoms. The fourth-order valence-electron chi connectivity index (χ4n) is 2.32. The lowest BCUT2D eigenvalue weighted by Crippen LogP contribution is -2.17. The number of para-hydroxylation sites is 2. The van der Waals surface area contributed by atoms with Crippen molar-refractivity contribution in [3.8, 4) is 11.5 Å². The minimum atomic E-state index is -4.77. The molecule has 0 bridgehead atoms. The van der Waals surface area contributed by atoms with Crippen molar-refractivity contribution in [2.45, 2.75) is 12.8 Å². The van der Waals surface area contributed by atoms with Crippen molar-refractivity contribution in [1.82, 2.24) is 10.2 Å². The number of aromatic nitrogens is 2. The van der Waals surface area contributed by atoms with E-state index < -0.39 is 6.36 Å². The van der Waals surface area contributed by atoms with E-state index in [-0.39, 0.29) is 18.1 Å². The van der Waals surface area contributed by atoms with Gasteiger partial charge in [0.1, 0.15) is 16.5 Å². The summed E-state index contributed by atoms with van der Waals surface area (Å²) in [5.41, 5.74) is 1.05. The summed E-state index contributed by atoms with van der Waals surface area (Å²) in [5, 5.41) is 14.6. The van der Waals surface area contributed by atoms with E-state index in [0.29, 0.717) is 27.3 Å². The Morgan fingerprint density at radius 3 is 2.52 bits per heavy atom. The molecule has 7 nitrogen and oxygen atoms in total. The first kappa shape index (κ1) is 20.4. The Hall–Kier alpha value is -3.34. The maximum absolute atomic E-state index is 12.2. The molecule has 3 aromatic rings. The summed E-state index contributed by atoms with van der Waals surface area (Å²) < 4.78 is 45.5. The van der Waals surface area contributed by atoms with E-state index in [9.17, 15) is 18.0 Å². The molecule has 0 fully saturated rings. The number of amides is 1. The second-order valence-electron chi connectivity index (χ2n) is 5.62. The largest absolute Gasteiger partial charge is 0.573 e. The molecule has 0 aliphatic carbocycles. The summed E-state index contributed by atoms with van der Waals surface area (Å²) in [7, 11) is 1.55. The van der Waals surface area contributed by atoms with Crippen LogP contribution in [0, 0.1) is 0 Å². The van der Waals surface area contributed by atoms with E-state index in [1.54, 1.807) is 13.2 Å². The smallest absolute Gasteiger partial charge is 0.495 e. The monoisotopic (exact) mass is 424 g/mol. The minimum absolute atomic E-state index is 0.0356. The lowest BCUT2D eigenvalue weighted by Gasteiger charge is -2.09. The Bertz CT molecular complexity index is 977. The van der Waals surface area contributed by atoms with Crippen molar-refractivity contribution in [1.29, 1.82) is 0 Å². The third kappa shape index (κ3) is 6.07. The average Bonchev–Trinajstić information content (AvgIpc) is 3.09. The highest BCUT2D eigenvalue weighted by atomic mass is 32.1. The first-order valence-electron chi connectivity index (χ1n) is 8.20. The number of methoxy groups -OCH3 is 1. The first-order chi connectivity index (χ1) is 13.8. The fourth-order valence-corrected chi connectivity index (χ4v) is 3.07. The Morgan fingerprint density at radius 1 is 1.10 bits per heavy atom. The molecule has 2 N–H and O–H groups in total. The van der Waals surface area contributed by atoms with Gasteiger partial charge in [0.15, 0.2) is 0 Å². The van der Waals surface area contributed by atoms with Crippen molar-refractivity contribution in [2.75, 3.05) is 17.7 Å². The van der Waals surface area contributed by atoms with Crippen LogP contribution in [0.25, 0.3) is 0 Å². The zero-order valence-corrected chi connectivity index (χ0v) is 15.8. The van der Waals surface area contributed by atoms with Gasteiger partial charge in [-0.3, -0.25) is 4.79 Å². The zero-order chi connectivity index (χ0) is 20.9. The van der Waals surface area contributed by atoms with Crippen molar-refractivity contribution < 1.29 is 27.4 Å². The number of rotatable bonds is 7. The number of carbonyl (C=O) groups excluding carboxylic acids is 1. The fraction of sp³-hybridized carbons (Fsp3) is 0.167. The van der Waals surface area contributed by atoms with Gasteiger partial charge >= 0.3 is 6.36 Å². The molecule has 0 saturated carbocycles. The van der Waals surface area contributed by atoms with Gasteiger partial charge in [0.2, 0.25) is 11.0 Å². The van der Waals surface area contributed by atoms with Gasteiger partial charge in [-0.1, -0.05) is 23.5 Å². The summed E-state index contributed by atoms with van der Waals surface area (Å²) in [6.07, 6.45) is -4.80. The van der Waals surface area contributed by atoms with Gasteiger partial charge in [-0.15, -0.1) is 23.4 Å². The van der Waals surface area contributed by atoms with Crippen molar-refractivity contribution >= 4 is 33.8 Å². The predicted molar refractivity (Wildman–Crippen MR) is 102 cm³/mol. The third-order valence-electron chi connectivity index (χ3n) is 3.50. The van der Waals surface area contributed by atoms with Crippen LogP contribution in [-0.2, 0) is 11.2 Å². The molecule has 1 heterocycles. The molecule has 0 atom stereocenters. The summed E-state index contributed by atoms with van der Waals surface area (Å²) >= 11 is 1.20. The number of nitrogens with zero attached hydrogens (tertiary/aromatic N) is 2. The number of nitrogens with one attached hydrogen (secondary N) is 2. The van der Waals surface area contributed by atoms with E-state index in [2.05, 4.69) is 25.6 Å². The van der Waals surface area contributed by atoms with Crippen LogP contribution in [0.3, 0.4) is 0 Å². The molecule has 0 aliphatic rings. The molecule has 0 saturated heterocycles. The lowest BCUT2D eigenvalue weighted by atomic mass is 10.3. The van der Waals surface area contributed by atoms with Gasteiger partial charge in [-0.25, -0.2) is 0 Å². The van der Waals surface area contributed by atoms with Crippen LogP contribution in [0.15, 0.2) is 48.5 Å². The van der Waals surface area contributed by atoms with Crippen molar-refractivity contribution in [3.05, 3.63) is 53.5 Å². The van der Waals surface area contributed by atoms with E-state index in [0.717, 1.165) is 12.1 Å². The molecular formula is C18H15F3N4O3S. The molecule has 29 heavy (non-hydrogen) atoms. The summed E-state index contributed by atoms with van der Waals surface area (Å²) in [6, 6.07) is 12.1. The molecule has 0 radical (unpaired) electrons. The van der Waals surface area contributed by atoms with E-state index >= 15 is 0 Å². The molecule has 0 spiro atoms. The average molecular weight is 424 g/mol. The van der Waals surface area contributed by atoms with Gasteiger partial charge in [-0.05, 0) is 36.4 Å². The van der Waals surface area contributed by atoms with Crippen LogP contribution in [0.1, 0.15) is 5.01 Å². The molecule has 2 aromatic carbocycles. The minimum Gasteiger partial charge on any atom is -0.495 e. The summed E-state index contributed by atoms with van der Waals surface area (Å²) in [5.74, 6) is -0.110. The Kier molecular flexibility index (Phi) is 6.17. The van der Waals surface area contributed by atoms with Crippen molar-refractivity contribution in [2.24, 2.45) is 0 Å². The predicted octanol–water partition coefficient (Wildman–Crippen LogP) is 4.37. The van der Waals surface area contributed by atoms with Gasteiger partial charge in [0.05, 0.1) is 19.2 Å². The van der Waals surface area contributed by atoms with E-state index in [1.165, 1.54) is 23.5 Å². The number of hydrogen-bond acceptors (Lipinski definition) is 7. The standard InChI is InChI=1S/C18H15F3N4O3S/c1-27-14-5-3-2-4-13(14)23-17-25-24-16(29-17)10-15(26)22-11-6-8-12(9-7-11)28-18(19,20)21/h2-9H,10H2,1H3,(H,22,26)(H,23,25). The maximum atomic E-state index is 12.2. The molecule has 1 aromatic heterocycles. The van der Waals surface area contributed by atoms with E-state index in [4.69, 9.17) is 4.74 Å². The second kappa shape index (κ2) is 8.78. The van der Waals surface area contributed by atoms with Gasteiger partial charge in [0.25, 0.3) is 0 Å². The molecule has 3 rings (SSSR count). The van der Waals surface area contributed by atoms with Crippen LogP contribution >= 0.6 is 11.3 Å². The Balaban J connectivity index is 1.56. The van der Waals surface area contributed by atoms with Gasteiger partial charge < -0.3 is 20.1 Å². The zero-order valence-electron chi connectivity index (χ0n) is 15.0. The summed E-state index contributed by atoms with van der Waals surface area (Å²) in [4.78, 5) is 12.1. The molecular weight excluding hydrogens is 409 g/mol. The van der Waals surface area contributed by atoms with Crippen LogP contribution in [-0.4, -0.2) is 29.6 Å². The highest BCUT2D eigenvalue weighted by Crippen LogP contribution is 2.29. The summed E-state index contributed by atoms with van der Waals surface area (Å²) in [6.45, 7) is 0. The normalized spacial score (nSPS) is 11.0. The number of anilines is 3. The highest BCUT2D eigenvalue weighted by molar-refractivity contribution is 7.15. The van der Waals surface area contributed by atoms with Crippen LogP contribution < -0.4 is 20.1 Å². The third-order valence-corrected chi connectivity index (χ3v) is 4.34. The van der Waals surface area contributed by atoms with Crippen LogP contribution in [0.5, 0.6) is 11.5 Å². The SMILES string of the molecule is COc1ccccc1Nc1nnc(CC(=O)Nc2ccc(OC(F)(F)F)cc2)s1. The van der Waals surface area contributed by atoms with E-state index in [1.807, 2.05) is 18.2 Å². The number of ether oxygens (including phenoxy) is 2. The Labute approximate surface area is 167 Å². The van der Waals surface area contributed by atoms with Crippen LogP contribution in [0.2, 0.25) is 0 Å². The number of halogens is 3. The lowest BCUT2D eigenvalue weighted by molar-refractivity contribution is -0.274. The molecule has 0 unspecified atom stereocenters. The molecule has 1 amide bonds. The van der Waals surface area contributed by atoms with Gasteiger partial charge in [-0.2, -0.15) is 0 Å².